The lowest BCUT2D eigenvalue weighted by molar-refractivity contribution is 0.0914. The summed E-state index contributed by atoms with van der Waals surface area (Å²) in [6.45, 7) is 1.67. The Kier molecular flexibility index (Phi) is 5.75. The number of furan rings is 1. The van der Waals surface area contributed by atoms with Gasteiger partial charge in [-0.25, -0.2) is 0 Å². The molecule has 118 valence electrons. The minimum absolute atomic E-state index is 0.220. The second kappa shape index (κ2) is 7.77. The van der Waals surface area contributed by atoms with E-state index in [9.17, 15) is 4.79 Å². The van der Waals surface area contributed by atoms with Gasteiger partial charge in [-0.3, -0.25) is 4.79 Å². The van der Waals surface area contributed by atoms with Crippen LogP contribution in [0.5, 0.6) is 0 Å². The smallest absolute Gasteiger partial charge is 0.287 e. The number of ether oxygens (including phenoxy) is 1. The van der Waals surface area contributed by atoms with Gasteiger partial charge >= 0.3 is 0 Å². The van der Waals surface area contributed by atoms with Crippen LogP contribution < -0.4 is 5.32 Å². The maximum absolute atomic E-state index is 12.1. The van der Waals surface area contributed by atoms with Crippen molar-refractivity contribution in [3.8, 4) is 0 Å². The molecule has 1 aromatic heterocycles. The molecule has 1 aromatic carbocycles. The highest BCUT2D eigenvalue weighted by Crippen LogP contribution is 2.12. The first-order chi connectivity index (χ1) is 10.6. The number of nitrogens with one attached hydrogen (secondary N) is 1. The van der Waals surface area contributed by atoms with Crippen LogP contribution in [0.2, 0.25) is 0 Å². The molecular weight excluding hydrogens is 280 g/mol. The molecule has 0 radical (unpaired) electrons. The molecule has 0 fully saturated rings. The third kappa shape index (κ3) is 4.44. The summed E-state index contributed by atoms with van der Waals surface area (Å²) in [5.74, 6) is 0.722. The predicted molar refractivity (Wildman–Crippen MR) is 84.4 cm³/mol. The molecule has 0 aliphatic rings. The first-order valence-electron chi connectivity index (χ1n) is 7.17. The summed E-state index contributed by atoms with van der Waals surface area (Å²) in [4.78, 5) is 14.2. The minimum atomic E-state index is -0.220. The molecule has 0 unspecified atom stereocenters. The zero-order chi connectivity index (χ0) is 15.9. The number of carbonyl (C=O) groups is 1. The monoisotopic (exact) mass is 302 g/mol. The Balaban J connectivity index is 1.98. The number of amides is 1. The normalized spacial score (nSPS) is 10.9. The molecule has 0 aliphatic carbocycles. The van der Waals surface area contributed by atoms with Gasteiger partial charge in [0.05, 0.1) is 0 Å². The molecule has 5 nitrogen and oxygen atoms in total. The van der Waals surface area contributed by atoms with Crippen LogP contribution in [0.4, 0.5) is 0 Å². The Morgan fingerprint density at radius 1 is 1.18 bits per heavy atom. The van der Waals surface area contributed by atoms with Crippen LogP contribution in [0, 0.1) is 0 Å². The van der Waals surface area contributed by atoms with Gasteiger partial charge in [0.2, 0.25) is 0 Å². The SMILES string of the molecule is COCc1ccc(C(=O)NCc2ccccc2CN(C)C)o1. The molecular formula is C17H22N2O3. The maximum Gasteiger partial charge on any atom is 0.287 e. The molecule has 1 N–H and O–H groups in total. The van der Waals surface area contributed by atoms with Gasteiger partial charge in [0.15, 0.2) is 5.76 Å². The van der Waals surface area contributed by atoms with Crippen molar-refractivity contribution in [2.24, 2.45) is 0 Å². The van der Waals surface area contributed by atoms with E-state index in [4.69, 9.17) is 9.15 Å². The van der Waals surface area contributed by atoms with E-state index < -0.39 is 0 Å². The third-order valence-electron chi connectivity index (χ3n) is 3.22. The van der Waals surface area contributed by atoms with Gasteiger partial charge in [0.25, 0.3) is 5.91 Å². The lowest BCUT2D eigenvalue weighted by Gasteiger charge is -2.14. The van der Waals surface area contributed by atoms with E-state index in [1.54, 1.807) is 19.2 Å². The Bertz CT molecular complexity index is 620. The van der Waals surface area contributed by atoms with Gasteiger partial charge in [0.1, 0.15) is 12.4 Å². The van der Waals surface area contributed by atoms with Gasteiger partial charge in [-0.15, -0.1) is 0 Å². The van der Waals surface area contributed by atoms with E-state index in [0.29, 0.717) is 24.7 Å². The number of carbonyl (C=O) groups excluding carboxylic acids is 1. The van der Waals surface area contributed by atoms with E-state index in [0.717, 1.165) is 12.1 Å². The molecule has 5 heteroatoms. The zero-order valence-electron chi connectivity index (χ0n) is 13.3. The number of hydrogen-bond acceptors (Lipinski definition) is 4. The van der Waals surface area contributed by atoms with Crippen molar-refractivity contribution in [2.75, 3.05) is 21.2 Å². The van der Waals surface area contributed by atoms with Crippen molar-refractivity contribution in [1.29, 1.82) is 0 Å². The molecule has 2 rings (SSSR count). The summed E-state index contributed by atoms with van der Waals surface area (Å²) in [6.07, 6.45) is 0. The highest BCUT2D eigenvalue weighted by molar-refractivity contribution is 5.91. The predicted octanol–water partition coefficient (Wildman–Crippen LogP) is 2.42. The zero-order valence-corrected chi connectivity index (χ0v) is 13.3. The second-order valence-electron chi connectivity index (χ2n) is 5.39. The Hall–Kier alpha value is -2.11. The molecule has 1 heterocycles. The van der Waals surface area contributed by atoms with Crippen LogP contribution in [0.15, 0.2) is 40.8 Å². The van der Waals surface area contributed by atoms with E-state index in [2.05, 4.69) is 16.3 Å². The van der Waals surface area contributed by atoms with Crippen LogP contribution in [0.3, 0.4) is 0 Å². The molecule has 22 heavy (non-hydrogen) atoms. The molecule has 0 saturated heterocycles. The van der Waals surface area contributed by atoms with Crippen LogP contribution in [0.25, 0.3) is 0 Å². The molecule has 0 atom stereocenters. The van der Waals surface area contributed by atoms with Gasteiger partial charge in [-0.2, -0.15) is 0 Å². The molecule has 0 saturated carbocycles. The quantitative estimate of drug-likeness (QED) is 0.853. The number of benzene rings is 1. The van der Waals surface area contributed by atoms with Crippen LogP contribution in [-0.4, -0.2) is 32.0 Å². The van der Waals surface area contributed by atoms with Crippen LogP contribution >= 0.6 is 0 Å². The summed E-state index contributed by atoms with van der Waals surface area (Å²) >= 11 is 0. The molecule has 0 aliphatic heterocycles. The number of nitrogens with zero attached hydrogens (tertiary/aromatic N) is 1. The summed E-state index contributed by atoms with van der Waals surface area (Å²) in [6, 6.07) is 11.5. The van der Waals surface area contributed by atoms with Crippen molar-refractivity contribution >= 4 is 5.91 Å². The lowest BCUT2D eigenvalue weighted by Crippen LogP contribution is -2.23. The van der Waals surface area contributed by atoms with Gasteiger partial charge in [-0.05, 0) is 37.4 Å². The first kappa shape index (κ1) is 16.3. The van der Waals surface area contributed by atoms with Crippen molar-refractivity contribution < 1.29 is 13.9 Å². The highest BCUT2D eigenvalue weighted by Gasteiger charge is 2.12. The topological polar surface area (TPSA) is 54.7 Å². The number of rotatable bonds is 7. The van der Waals surface area contributed by atoms with E-state index in [-0.39, 0.29) is 5.91 Å². The fourth-order valence-electron chi connectivity index (χ4n) is 2.21. The van der Waals surface area contributed by atoms with Gasteiger partial charge in [0, 0.05) is 20.2 Å². The molecule has 0 bridgehead atoms. The average Bonchev–Trinajstić information content (AvgIpc) is 2.94. The molecule has 2 aromatic rings. The third-order valence-corrected chi connectivity index (χ3v) is 3.22. The van der Waals surface area contributed by atoms with Crippen molar-refractivity contribution in [3.05, 3.63) is 59.0 Å². The van der Waals surface area contributed by atoms with E-state index in [1.165, 1.54) is 5.56 Å². The Morgan fingerprint density at radius 2 is 1.91 bits per heavy atom. The first-order valence-corrected chi connectivity index (χ1v) is 7.17. The Labute approximate surface area is 130 Å². The van der Waals surface area contributed by atoms with Crippen molar-refractivity contribution in [1.82, 2.24) is 10.2 Å². The van der Waals surface area contributed by atoms with Gasteiger partial charge in [-0.1, -0.05) is 24.3 Å². The summed E-state index contributed by atoms with van der Waals surface area (Å²) < 4.78 is 10.4. The Morgan fingerprint density at radius 3 is 2.59 bits per heavy atom. The minimum Gasteiger partial charge on any atom is -0.453 e. The van der Waals surface area contributed by atoms with Gasteiger partial charge < -0.3 is 19.4 Å². The molecule has 1 amide bonds. The maximum atomic E-state index is 12.1. The van der Waals surface area contributed by atoms with E-state index >= 15 is 0 Å². The lowest BCUT2D eigenvalue weighted by atomic mass is 10.1. The highest BCUT2D eigenvalue weighted by atomic mass is 16.5. The summed E-state index contributed by atoms with van der Waals surface area (Å²) in [5, 5.41) is 2.89. The largest absolute Gasteiger partial charge is 0.453 e. The fourth-order valence-corrected chi connectivity index (χ4v) is 2.21. The number of methoxy groups -OCH3 is 1. The number of hydrogen-bond donors (Lipinski definition) is 1. The standard InChI is InChI=1S/C17H22N2O3/c1-19(2)11-14-7-5-4-6-13(14)10-18-17(20)16-9-8-15(22-16)12-21-3/h4-9H,10-12H2,1-3H3,(H,18,20). The second-order valence-corrected chi connectivity index (χ2v) is 5.39. The molecule has 0 spiro atoms. The van der Waals surface area contributed by atoms with E-state index in [1.807, 2.05) is 32.3 Å². The van der Waals surface area contributed by atoms with Crippen LogP contribution in [-0.2, 0) is 24.4 Å². The van der Waals surface area contributed by atoms with Crippen molar-refractivity contribution in [3.63, 3.8) is 0 Å². The van der Waals surface area contributed by atoms with Crippen molar-refractivity contribution in [2.45, 2.75) is 19.7 Å². The average molecular weight is 302 g/mol. The summed E-state index contributed by atoms with van der Waals surface area (Å²) in [5.41, 5.74) is 2.31. The fraction of sp³-hybridized carbons (Fsp3) is 0.353. The van der Waals surface area contributed by atoms with Crippen LogP contribution in [0.1, 0.15) is 27.4 Å². The summed E-state index contributed by atoms with van der Waals surface area (Å²) in [7, 11) is 5.63.